The number of benzene rings is 1. The fourth-order valence-corrected chi connectivity index (χ4v) is 1.18. The highest BCUT2D eigenvalue weighted by Gasteiger charge is 2.25. The fraction of sp³-hybridized carbons (Fsp3) is 0.250. The Morgan fingerprint density at radius 3 is 2.25 bits per heavy atom. The van der Waals surface area contributed by atoms with E-state index in [9.17, 15) is 0 Å². The first-order chi connectivity index (χ1) is 5.86. The normalized spacial score (nSPS) is 16.8. The summed E-state index contributed by atoms with van der Waals surface area (Å²) in [5.74, 6) is 0.261. The van der Waals surface area contributed by atoms with Crippen molar-refractivity contribution < 1.29 is 14.4 Å². The van der Waals surface area contributed by atoms with Crippen LogP contribution in [0.3, 0.4) is 0 Å². The summed E-state index contributed by atoms with van der Waals surface area (Å²) in [6.07, 6.45) is 0. The van der Waals surface area contributed by atoms with Crippen LogP contribution < -0.4 is 5.46 Å². The lowest BCUT2D eigenvalue weighted by molar-refractivity contribution is 0.365. The van der Waals surface area contributed by atoms with Gasteiger partial charge in [0.25, 0.3) is 0 Å². The van der Waals surface area contributed by atoms with Crippen LogP contribution in [0, 0.1) is 0 Å². The van der Waals surface area contributed by atoms with Crippen LogP contribution >= 0.6 is 0 Å². The summed E-state index contributed by atoms with van der Waals surface area (Å²) in [6.45, 7) is 1.29. The molecule has 4 heteroatoms. The second-order valence-electron chi connectivity index (χ2n) is 2.67. The number of aromatic hydroxyl groups is 1. The predicted molar refractivity (Wildman–Crippen MR) is 45.4 cm³/mol. The maximum Gasteiger partial charge on any atom is 0.494 e. The summed E-state index contributed by atoms with van der Waals surface area (Å²) in [7, 11) is -0.245. The summed E-state index contributed by atoms with van der Waals surface area (Å²) in [6, 6.07) is 6.84. The van der Waals surface area contributed by atoms with Gasteiger partial charge in [-0.1, -0.05) is 12.1 Å². The van der Waals surface area contributed by atoms with Crippen LogP contribution in [-0.4, -0.2) is 25.4 Å². The summed E-state index contributed by atoms with van der Waals surface area (Å²) in [4.78, 5) is 0. The zero-order valence-corrected chi connectivity index (χ0v) is 6.56. The van der Waals surface area contributed by atoms with Crippen LogP contribution in [0.5, 0.6) is 5.75 Å². The van der Waals surface area contributed by atoms with Crippen molar-refractivity contribution in [1.82, 2.24) is 0 Å². The van der Waals surface area contributed by atoms with Crippen molar-refractivity contribution in [1.29, 1.82) is 0 Å². The van der Waals surface area contributed by atoms with Crippen molar-refractivity contribution in [3.8, 4) is 5.75 Å². The number of hydrogen-bond donors (Lipinski definition) is 1. The number of rotatable bonds is 1. The van der Waals surface area contributed by atoms with Crippen LogP contribution in [-0.2, 0) is 9.31 Å². The van der Waals surface area contributed by atoms with E-state index >= 15 is 0 Å². The summed E-state index contributed by atoms with van der Waals surface area (Å²) >= 11 is 0. The largest absolute Gasteiger partial charge is 0.508 e. The maximum atomic E-state index is 9.02. The number of phenolic OH excluding ortho intramolecular Hbond substituents is 1. The molecule has 1 aliphatic heterocycles. The Kier molecular flexibility index (Phi) is 2.02. The molecule has 0 bridgehead atoms. The molecular weight excluding hydrogens is 155 g/mol. The monoisotopic (exact) mass is 164 g/mol. The molecule has 1 N–H and O–H groups in total. The number of hydrogen-bond acceptors (Lipinski definition) is 3. The van der Waals surface area contributed by atoms with Gasteiger partial charge in [-0.05, 0) is 17.6 Å². The minimum absolute atomic E-state index is 0.245. The van der Waals surface area contributed by atoms with E-state index in [0.29, 0.717) is 13.2 Å². The molecule has 1 aromatic rings. The zero-order chi connectivity index (χ0) is 8.39. The standard InChI is InChI=1S/C8H9BO3/c10-8-3-1-7(2-4-8)9-11-5-6-12-9/h1-4,10H,5-6H2. The number of phenols is 1. The van der Waals surface area contributed by atoms with Crippen molar-refractivity contribution in [2.75, 3.05) is 13.2 Å². The topological polar surface area (TPSA) is 38.7 Å². The third-order valence-electron chi connectivity index (χ3n) is 1.79. The molecule has 62 valence electrons. The third kappa shape index (κ3) is 1.44. The zero-order valence-electron chi connectivity index (χ0n) is 6.56. The second-order valence-corrected chi connectivity index (χ2v) is 2.67. The van der Waals surface area contributed by atoms with Crippen LogP contribution in [0.2, 0.25) is 0 Å². The molecule has 1 heterocycles. The average Bonchev–Trinajstić information content (AvgIpc) is 2.58. The lowest BCUT2D eigenvalue weighted by atomic mass is 9.79. The first-order valence-electron chi connectivity index (χ1n) is 3.88. The minimum Gasteiger partial charge on any atom is -0.508 e. The van der Waals surface area contributed by atoms with E-state index in [2.05, 4.69) is 0 Å². The van der Waals surface area contributed by atoms with Gasteiger partial charge in [-0.2, -0.15) is 0 Å². The third-order valence-corrected chi connectivity index (χ3v) is 1.79. The van der Waals surface area contributed by atoms with Crippen LogP contribution in [0.1, 0.15) is 0 Å². The summed E-state index contributed by atoms with van der Waals surface area (Å²) < 4.78 is 10.5. The highest BCUT2D eigenvalue weighted by atomic mass is 16.6. The van der Waals surface area contributed by atoms with E-state index < -0.39 is 0 Å². The molecular formula is C8H9BO3. The van der Waals surface area contributed by atoms with E-state index in [0.717, 1.165) is 5.46 Å². The molecule has 0 aromatic heterocycles. The van der Waals surface area contributed by atoms with Crippen LogP contribution in [0.15, 0.2) is 24.3 Å². The van der Waals surface area contributed by atoms with Gasteiger partial charge in [0.1, 0.15) is 5.75 Å². The molecule has 1 fully saturated rings. The molecule has 0 unspecified atom stereocenters. The molecule has 0 spiro atoms. The van der Waals surface area contributed by atoms with Crippen molar-refractivity contribution in [2.45, 2.75) is 0 Å². The van der Waals surface area contributed by atoms with Crippen molar-refractivity contribution in [3.05, 3.63) is 24.3 Å². The summed E-state index contributed by atoms with van der Waals surface area (Å²) in [5.41, 5.74) is 0.949. The molecule has 0 aliphatic carbocycles. The first-order valence-corrected chi connectivity index (χ1v) is 3.88. The molecule has 0 radical (unpaired) electrons. The molecule has 3 nitrogen and oxygen atoms in total. The lowest BCUT2D eigenvalue weighted by Crippen LogP contribution is -2.31. The molecule has 1 aliphatic rings. The van der Waals surface area contributed by atoms with Crippen LogP contribution in [0.25, 0.3) is 0 Å². The SMILES string of the molecule is Oc1ccc(B2OCCO2)cc1. The summed E-state index contributed by atoms with van der Waals surface area (Å²) in [5, 5.41) is 9.02. The molecule has 12 heavy (non-hydrogen) atoms. The van der Waals surface area contributed by atoms with Crippen LogP contribution in [0.4, 0.5) is 0 Å². The molecule has 1 aromatic carbocycles. The maximum absolute atomic E-state index is 9.02. The van der Waals surface area contributed by atoms with E-state index in [-0.39, 0.29) is 12.9 Å². The van der Waals surface area contributed by atoms with Gasteiger partial charge in [0.2, 0.25) is 0 Å². The average molecular weight is 164 g/mol. The quantitative estimate of drug-likeness (QED) is 0.599. The molecule has 0 atom stereocenters. The van der Waals surface area contributed by atoms with Gasteiger partial charge in [0, 0.05) is 0 Å². The van der Waals surface area contributed by atoms with Gasteiger partial charge in [0.15, 0.2) is 0 Å². The van der Waals surface area contributed by atoms with Gasteiger partial charge in [-0.25, -0.2) is 0 Å². The highest BCUT2D eigenvalue weighted by Crippen LogP contribution is 2.06. The Morgan fingerprint density at radius 1 is 1.08 bits per heavy atom. The lowest BCUT2D eigenvalue weighted by Gasteiger charge is -2.02. The van der Waals surface area contributed by atoms with E-state index in [1.54, 1.807) is 24.3 Å². The highest BCUT2D eigenvalue weighted by molar-refractivity contribution is 6.61. The molecule has 0 amide bonds. The fourth-order valence-electron chi connectivity index (χ4n) is 1.18. The Balaban J connectivity index is 2.17. The molecule has 1 saturated heterocycles. The van der Waals surface area contributed by atoms with Gasteiger partial charge < -0.3 is 14.4 Å². The van der Waals surface area contributed by atoms with Crippen molar-refractivity contribution >= 4 is 12.6 Å². The molecule has 2 rings (SSSR count). The van der Waals surface area contributed by atoms with Crippen molar-refractivity contribution in [2.24, 2.45) is 0 Å². The Labute approximate surface area is 71.1 Å². The Hall–Kier alpha value is -0.995. The van der Waals surface area contributed by atoms with Gasteiger partial charge in [-0.3, -0.25) is 0 Å². The van der Waals surface area contributed by atoms with E-state index in [1.807, 2.05) is 0 Å². The van der Waals surface area contributed by atoms with Gasteiger partial charge in [-0.15, -0.1) is 0 Å². The van der Waals surface area contributed by atoms with E-state index in [1.165, 1.54) is 0 Å². The predicted octanol–water partition coefficient (Wildman–Crippen LogP) is 0.134. The van der Waals surface area contributed by atoms with Gasteiger partial charge in [0.05, 0.1) is 13.2 Å². The second kappa shape index (κ2) is 3.17. The van der Waals surface area contributed by atoms with Gasteiger partial charge >= 0.3 is 7.12 Å². The van der Waals surface area contributed by atoms with E-state index in [4.69, 9.17) is 14.4 Å². The first kappa shape index (κ1) is 7.64. The minimum atomic E-state index is -0.245. The smallest absolute Gasteiger partial charge is 0.494 e. The van der Waals surface area contributed by atoms with Crippen molar-refractivity contribution in [3.63, 3.8) is 0 Å². The molecule has 0 saturated carbocycles. The Morgan fingerprint density at radius 2 is 1.67 bits per heavy atom. The Bertz CT molecular complexity index is 254.